The van der Waals surface area contributed by atoms with Crippen molar-refractivity contribution in [3.8, 4) is 0 Å². The van der Waals surface area contributed by atoms with Crippen LogP contribution in [0, 0.1) is 0 Å². The molecule has 124 valence electrons. The van der Waals surface area contributed by atoms with Gasteiger partial charge >= 0.3 is 6.03 Å². The van der Waals surface area contributed by atoms with Crippen LogP contribution in [-0.2, 0) is 10.0 Å². The highest BCUT2D eigenvalue weighted by atomic mass is 32.2. The first-order chi connectivity index (χ1) is 10.9. The zero-order chi connectivity index (χ0) is 16.4. The van der Waals surface area contributed by atoms with E-state index < -0.39 is 10.0 Å². The molecule has 23 heavy (non-hydrogen) atoms. The molecular weight excluding hydrogens is 320 g/mol. The maximum atomic E-state index is 12.4. The van der Waals surface area contributed by atoms with Crippen molar-refractivity contribution in [2.75, 3.05) is 37.8 Å². The molecule has 2 aromatic rings. The van der Waals surface area contributed by atoms with Crippen LogP contribution in [0.1, 0.15) is 6.42 Å². The van der Waals surface area contributed by atoms with Gasteiger partial charge in [0.25, 0.3) is 0 Å². The molecule has 1 saturated heterocycles. The third kappa shape index (κ3) is 3.42. The van der Waals surface area contributed by atoms with Gasteiger partial charge in [0.05, 0.1) is 12.5 Å². The second kappa shape index (κ2) is 6.13. The molecule has 3 heterocycles. The summed E-state index contributed by atoms with van der Waals surface area (Å²) < 4.78 is 26.2. The van der Waals surface area contributed by atoms with E-state index >= 15 is 0 Å². The average Bonchev–Trinajstić information content (AvgIpc) is 2.82. The normalized spacial score (nSPS) is 17.2. The predicted molar refractivity (Wildman–Crippen MR) is 84.6 cm³/mol. The summed E-state index contributed by atoms with van der Waals surface area (Å²) in [4.78, 5) is 18.2. The summed E-state index contributed by atoms with van der Waals surface area (Å²) in [6, 6.07) is 3.13. The molecule has 0 bridgehead atoms. The van der Waals surface area contributed by atoms with Gasteiger partial charge < -0.3 is 4.90 Å². The molecule has 0 aliphatic carbocycles. The van der Waals surface area contributed by atoms with Gasteiger partial charge in [0.15, 0.2) is 5.65 Å². The quantitative estimate of drug-likeness (QED) is 0.845. The molecule has 10 heteroatoms. The van der Waals surface area contributed by atoms with Crippen LogP contribution in [0.25, 0.3) is 5.65 Å². The lowest BCUT2D eigenvalue weighted by Crippen LogP contribution is -2.39. The van der Waals surface area contributed by atoms with Crippen LogP contribution in [0.2, 0.25) is 0 Å². The van der Waals surface area contributed by atoms with E-state index in [0.29, 0.717) is 44.1 Å². The Morgan fingerprint density at radius 2 is 2.00 bits per heavy atom. The fourth-order valence-electron chi connectivity index (χ4n) is 2.55. The zero-order valence-corrected chi connectivity index (χ0v) is 13.5. The number of aromatic nitrogens is 3. The molecule has 0 radical (unpaired) electrons. The van der Waals surface area contributed by atoms with Gasteiger partial charge in [-0.25, -0.2) is 22.5 Å². The van der Waals surface area contributed by atoms with Crippen LogP contribution in [0.3, 0.4) is 0 Å². The molecule has 3 rings (SSSR count). The lowest BCUT2D eigenvalue weighted by molar-refractivity contribution is 0.214. The van der Waals surface area contributed by atoms with Crippen LogP contribution in [0.4, 0.5) is 10.6 Å². The Hall–Kier alpha value is -2.20. The smallest absolute Gasteiger partial charge is 0.323 e. The molecule has 0 unspecified atom stereocenters. The number of hydrogen-bond acceptors (Lipinski definition) is 5. The van der Waals surface area contributed by atoms with Crippen molar-refractivity contribution in [2.45, 2.75) is 6.42 Å². The molecule has 9 nitrogen and oxygen atoms in total. The number of amides is 2. The van der Waals surface area contributed by atoms with Crippen LogP contribution < -0.4 is 5.32 Å². The molecule has 1 fully saturated rings. The Morgan fingerprint density at radius 1 is 1.17 bits per heavy atom. The number of sulfonamides is 1. The summed E-state index contributed by atoms with van der Waals surface area (Å²) in [5, 5.41) is 6.91. The maximum Gasteiger partial charge on any atom is 0.323 e. The van der Waals surface area contributed by atoms with Crippen LogP contribution in [-0.4, -0.2) is 70.7 Å². The molecule has 1 aliphatic heterocycles. The fraction of sp³-hybridized carbons (Fsp3) is 0.462. The first-order valence-corrected chi connectivity index (χ1v) is 9.10. The van der Waals surface area contributed by atoms with Gasteiger partial charge in [-0.2, -0.15) is 9.61 Å². The van der Waals surface area contributed by atoms with Crippen molar-refractivity contribution < 1.29 is 13.2 Å². The van der Waals surface area contributed by atoms with Gasteiger partial charge in [-0.15, -0.1) is 0 Å². The van der Waals surface area contributed by atoms with Crippen molar-refractivity contribution in [3.05, 3.63) is 24.5 Å². The maximum absolute atomic E-state index is 12.4. The summed E-state index contributed by atoms with van der Waals surface area (Å²) in [5.74, 6) is 0.522. The Kier molecular flexibility index (Phi) is 4.18. The van der Waals surface area contributed by atoms with E-state index in [2.05, 4.69) is 15.4 Å². The first kappa shape index (κ1) is 15.7. The third-order valence-electron chi connectivity index (χ3n) is 3.74. The molecule has 1 N–H and O–H groups in total. The standard InChI is InChI=1S/C13H18N6O3S/c1-23(21,22)18-8-2-7-17(9-10-18)13(20)16-12-3-5-14-11-4-6-15-19(11)12/h3-6H,2,7-10H2,1H3,(H,16,20). The molecule has 1 aliphatic rings. The van der Waals surface area contributed by atoms with Crippen molar-refractivity contribution in [1.29, 1.82) is 0 Å². The molecule has 2 aromatic heterocycles. The Bertz CT molecular complexity index is 818. The number of carbonyl (C=O) groups is 1. The topological polar surface area (TPSA) is 99.9 Å². The van der Waals surface area contributed by atoms with Gasteiger partial charge in [0, 0.05) is 38.4 Å². The molecule has 0 atom stereocenters. The van der Waals surface area contributed by atoms with E-state index in [1.54, 1.807) is 33.9 Å². The predicted octanol–water partition coefficient (Wildman–Crippen LogP) is 0.228. The summed E-state index contributed by atoms with van der Waals surface area (Å²) in [6.07, 6.45) is 5.00. The monoisotopic (exact) mass is 338 g/mol. The molecule has 2 amide bonds. The number of rotatable bonds is 2. The number of urea groups is 1. The van der Waals surface area contributed by atoms with Crippen molar-refractivity contribution in [2.24, 2.45) is 0 Å². The van der Waals surface area contributed by atoms with E-state index in [1.165, 1.54) is 10.6 Å². The first-order valence-electron chi connectivity index (χ1n) is 7.25. The number of fused-ring (bicyclic) bond motifs is 1. The molecule has 0 spiro atoms. The number of carbonyl (C=O) groups excluding carboxylic acids is 1. The minimum atomic E-state index is -3.23. The van der Waals surface area contributed by atoms with E-state index in [1.807, 2.05) is 0 Å². The zero-order valence-electron chi connectivity index (χ0n) is 12.7. The highest BCUT2D eigenvalue weighted by Gasteiger charge is 2.24. The summed E-state index contributed by atoms with van der Waals surface area (Å²) in [6.45, 7) is 1.60. The second-order valence-corrected chi connectivity index (χ2v) is 7.35. The largest absolute Gasteiger partial charge is 0.323 e. The third-order valence-corrected chi connectivity index (χ3v) is 5.04. The van der Waals surface area contributed by atoms with Gasteiger partial charge in [-0.3, -0.25) is 5.32 Å². The van der Waals surface area contributed by atoms with Crippen molar-refractivity contribution in [3.63, 3.8) is 0 Å². The lowest BCUT2D eigenvalue weighted by Gasteiger charge is -2.21. The van der Waals surface area contributed by atoms with Gasteiger partial charge in [0.2, 0.25) is 10.0 Å². The number of nitrogens with zero attached hydrogens (tertiary/aromatic N) is 5. The summed E-state index contributed by atoms with van der Waals surface area (Å²) in [7, 11) is -3.23. The molecule has 0 saturated carbocycles. The number of hydrogen-bond donors (Lipinski definition) is 1. The minimum absolute atomic E-state index is 0.275. The highest BCUT2D eigenvalue weighted by molar-refractivity contribution is 7.88. The fourth-order valence-corrected chi connectivity index (χ4v) is 3.42. The molecular formula is C13H18N6O3S. The average molecular weight is 338 g/mol. The van der Waals surface area contributed by atoms with E-state index in [-0.39, 0.29) is 6.03 Å². The summed E-state index contributed by atoms with van der Waals surface area (Å²) >= 11 is 0. The van der Waals surface area contributed by atoms with Gasteiger partial charge in [-0.1, -0.05) is 0 Å². The van der Waals surface area contributed by atoms with E-state index in [4.69, 9.17) is 0 Å². The lowest BCUT2D eigenvalue weighted by atomic mass is 10.4. The second-order valence-electron chi connectivity index (χ2n) is 5.36. The number of nitrogens with one attached hydrogen (secondary N) is 1. The summed E-state index contributed by atoms with van der Waals surface area (Å²) in [5.41, 5.74) is 0.641. The minimum Gasteiger partial charge on any atom is -0.323 e. The SMILES string of the molecule is CS(=O)(=O)N1CCCN(C(=O)Nc2ccnc3ccnn23)CC1. The van der Waals surface area contributed by atoms with Crippen LogP contribution >= 0.6 is 0 Å². The van der Waals surface area contributed by atoms with E-state index in [9.17, 15) is 13.2 Å². The molecule has 0 aromatic carbocycles. The Labute approximate surface area is 133 Å². The van der Waals surface area contributed by atoms with Crippen LogP contribution in [0.5, 0.6) is 0 Å². The Balaban J connectivity index is 1.70. The van der Waals surface area contributed by atoms with Crippen molar-refractivity contribution >= 4 is 27.5 Å². The van der Waals surface area contributed by atoms with Gasteiger partial charge in [0.1, 0.15) is 5.82 Å². The van der Waals surface area contributed by atoms with Gasteiger partial charge in [-0.05, 0) is 12.5 Å². The Morgan fingerprint density at radius 3 is 2.78 bits per heavy atom. The van der Waals surface area contributed by atoms with Crippen molar-refractivity contribution in [1.82, 2.24) is 23.8 Å². The van der Waals surface area contributed by atoms with Crippen LogP contribution in [0.15, 0.2) is 24.5 Å². The van der Waals surface area contributed by atoms with E-state index in [0.717, 1.165) is 0 Å². The number of anilines is 1. The highest BCUT2D eigenvalue weighted by Crippen LogP contribution is 2.12.